The van der Waals surface area contributed by atoms with Crippen molar-refractivity contribution >= 4 is 97.0 Å². The molecule has 0 saturated heterocycles. The van der Waals surface area contributed by atoms with Crippen LogP contribution in [0.1, 0.15) is 32.9 Å². The third-order valence-corrected chi connectivity index (χ3v) is 21.3. The molecule has 22 rings (SSSR count). The van der Waals surface area contributed by atoms with Gasteiger partial charge in [-0.25, -0.2) is 0 Å². The quantitative estimate of drug-likeness (QED) is 0.120. The van der Waals surface area contributed by atoms with Crippen molar-refractivity contribution in [3.05, 3.63) is 460 Å². The normalized spacial score (nSPS) is 14.3. The Labute approximate surface area is 698 Å². The van der Waals surface area contributed by atoms with E-state index in [9.17, 15) is 5.48 Å². The van der Waals surface area contributed by atoms with E-state index >= 15 is 0 Å². The van der Waals surface area contributed by atoms with Gasteiger partial charge >= 0.3 is 0 Å². The average Bonchev–Trinajstić information content (AvgIpc) is 0.708. The molecule has 0 unspecified atom stereocenters. The van der Waals surface area contributed by atoms with Crippen LogP contribution in [0.2, 0.25) is 0 Å². The van der Waals surface area contributed by atoms with E-state index in [1.165, 1.54) is 0 Å². The summed E-state index contributed by atoms with van der Waals surface area (Å²) in [5.41, 5.74) is 13.1. The molecule has 0 nitrogen and oxygen atoms in total. The molecule has 0 N–H and O–H groups in total. The Hall–Kier alpha value is -14.8. The molecule has 0 bridgehead atoms. The monoisotopic (exact) mass is 1470 g/mol. The highest BCUT2D eigenvalue weighted by molar-refractivity contribution is 6.26. The average molecular weight is 1470 g/mol. The van der Waals surface area contributed by atoms with Crippen molar-refractivity contribution in [2.24, 2.45) is 0 Å². The van der Waals surface area contributed by atoms with Gasteiger partial charge in [0.1, 0.15) is 0 Å². The molecule has 0 aliphatic rings. The molecule has 22 aromatic carbocycles. The summed E-state index contributed by atoms with van der Waals surface area (Å²) in [4.78, 5) is 0. The fourth-order valence-corrected chi connectivity index (χ4v) is 16.1. The topological polar surface area (TPSA) is 0 Å². The van der Waals surface area contributed by atoms with Crippen LogP contribution < -0.4 is 0 Å². The van der Waals surface area contributed by atoms with Crippen LogP contribution in [0.15, 0.2) is 460 Å². The maximum absolute atomic E-state index is 9.23. The number of rotatable bonds is 10. The van der Waals surface area contributed by atoms with Gasteiger partial charge in [0.25, 0.3) is 0 Å². The Morgan fingerprint density at radius 3 is 0.754 bits per heavy atom. The Bertz CT molecular complexity index is 8620. The van der Waals surface area contributed by atoms with Crippen LogP contribution in [0.25, 0.3) is 208 Å². The molecule has 0 radical (unpaired) electrons. The lowest BCUT2D eigenvalue weighted by molar-refractivity contribution is 1.61. The van der Waals surface area contributed by atoms with Crippen molar-refractivity contribution in [1.82, 2.24) is 0 Å². The predicted molar refractivity (Wildman–Crippen MR) is 491 cm³/mol. The van der Waals surface area contributed by atoms with Gasteiger partial charge in [-0.05, 0) is 226 Å². The molecule has 0 atom stereocenters. The smallest absolute Gasteiger partial charge is 0.0622 e. The Balaban J connectivity index is 0.000000128. The van der Waals surface area contributed by atoms with Crippen molar-refractivity contribution in [1.29, 1.82) is 0 Å². The van der Waals surface area contributed by atoms with E-state index in [2.05, 4.69) is 18.2 Å². The summed E-state index contributed by atoms with van der Waals surface area (Å²) in [6.07, 6.45) is 0. The van der Waals surface area contributed by atoms with E-state index in [0.717, 1.165) is 76.8 Å². The Kier molecular flexibility index (Phi) is 12.5. The minimum atomic E-state index is -0.416. The molecular formula is C114H76. The molecule has 0 amide bonds. The minimum Gasteiger partial charge on any atom is -0.0622 e. The summed E-state index contributed by atoms with van der Waals surface area (Å²) < 4.78 is 214. The summed E-state index contributed by atoms with van der Waals surface area (Å²) >= 11 is 0. The van der Waals surface area contributed by atoms with Crippen LogP contribution in [-0.4, -0.2) is 0 Å². The van der Waals surface area contributed by atoms with Crippen LogP contribution in [-0.2, 0) is 0 Å². The first kappa shape index (κ1) is 47.3. The molecule has 0 spiro atoms. The second kappa shape index (κ2) is 30.2. The summed E-state index contributed by atoms with van der Waals surface area (Å²) in [6, 6.07) is 92.2. The van der Waals surface area contributed by atoms with Gasteiger partial charge in [-0.3, -0.25) is 0 Å². The Morgan fingerprint density at radius 1 is 0.123 bits per heavy atom. The lowest BCUT2D eigenvalue weighted by Gasteiger charge is -2.19. The summed E-state index contributed by atoms with van der Waals surface area (Å²) in [5, 5.41) is 8.26. The third-order valence-electron chi connectivity index (χ3n) is 21.3. The van der Waals surface area contributed by atoms with Crippen LogP contribution in [0.3, 0.4) is 0 Å². The second-order valence-electron chi connectivity index (χ2n) is 27.8. The first-order valence-corrected chi connectivity index (χ1v) is 37.5. The zero-order chi connectivity index (χ0) is 96.6. The van der Waals surface area contributed by atoms with E-state index < -0.39 is 72.5 Å². The second-order valence-corrected chi connectivity index (χ2v) is 27.8. The highest BCUT2D eigenvalue weighted by Gasteiger charge is 2.22. The molecule has 0 fully saturated rings. The van der Waals surface area contributed by atoms with Crippen LogP contribution in [0.5, 0.6) is 0 Å². The maximum Gasteiger partial charge on any atom is 0.0629 e. The lowest BCUT2D eigenvalue weighted by atomic mass is 9.84. The van der Waals surface area contributed by atoms with Crippen molar-refractivity contribution in [3.63, 3.8) is 0 Å². The molecule has 0 heteroatoms. The third kappa shape index (κ3) is 12.8. The zero-order valence-electron chi connectivity index (χ0n) is 85.0. The van der Waals surface area contributed by atoms with E-state index in [0.29, 0.717) is 66.8 Å². The number of fused-ring (bicyclic) bond motifs is 9. The van der Waals surface area contributed by atoms with Gasteiger partial charge in [-0.15, -0.1) is 0 Å². The van der Waals surface area contributed by atoms with Gasteiger partial charge in [0.2, 0.25) is 0 Å². The van der Waals surface area contributed by atoms with Gasteiger partial charge in [-0.1, -0.05) is 442 Å². The molecule has 0 aromatic heterocycles. The molecule has 0 aliphatic carbocycles. The van der Waals surface area contributed by atoms with Gasteiger partial charge < -0.3 is 0 Å². The van der Waals surface area contributed by atoms with Gasteiger partial charge in [0.15, 0.2) is 0 Å². The fourth-order valence-electron chi connectivity index (χ4n) is 16.1. The number of benzene rings is 22. The fraction of sp³-hybridized carbons (Fsp3) is 0. The van der Waals surface area contributed by atoms with Crippen LogP contribution >= 0.6 is 0 Å². The number of hydrogen-bond acceptors (Lipinski definition) is 0. The minimum absolute atomic E-state index is 0.201. The van der Waals surface area contributed by atoms with Gasteiger partial charge in [0.05, 0.1) is 32.9 Å². The maximum atomic E-state index is 9.23. The summed E-state index contributed by atoms with van der Waals surface area (Å²) in [6.45, 7) is 0. The standard InChI is InChI=1S/C42H28.2C36H24/c1-2-12-29(13-3-1)33-16-10-17-34(28-33)42-39-21-8-6-19-37(39)41(38-20-7-9-22-40(38)42)32-26-24-31(25-27-32)36-23-11-15-30-14-4-5-18-35(30)36;1-2-11-25(12-3-1)26-21-23-28(24-22-26)35-31-16-6-8-18-33(31)36(34-19-9-7-17-32(34)35)30-20-10-14-27-13-4-5-15-29(27)30;1-2-11-25(12-3-1)28-15-10-16-29(23-28)35-31-17-6-8-19-33(31)36(34-20-9-7-18-32(34)35)30-22-21-26-13-4-5-14-27(26)24-30/h1-28H;2*1-24H/i6D,7D,8D,9D,19D,20D,21D,22D;6D,7D,8D,9D,16D,17D,18D,19D;6D,7D,8D,9D,17D,18D,19D,20D. The molecule has 22 aromatic rings. The molecule has 532 valence electrons. The molecule has 114 heavy (non-hydrogen) atoms. The van der Waals surface area contributed by atoms with Crippen molar-refractivity contribution in [3.8, 4) is 111 Å². The molecule has 0 saturated carbocycles. The van der Waals surface area contributed by atoms with E-state index in [-0.39, 0.29) is 137 Å². The van der Waals surface area contributed by atoms with Gasteiger partial charge in [0, 0.05) is 0 Å². The van der Waals surface area contributed by atoms with E-state index in [4.69, 9.17) is 27.4 Å². The SMILES string of the molecule is [2H]c1c([2H])c([2H])c2c(-c3ccc4ccccc4c3)c3c([2H])c([2H])c([2H])c([2H])c3c(-c3cccc(-c4ccccc4)c3)c2c1[2H].[2H]c1c([2H])c([2H])c2c(-c3cccc(-c4ccccc4)c3)c3c([2H])c([2H])c([2H])c([2H])c3c(-c3ccc(-c4cccc5ccccc45)cc3)c2c1[2H].[2H]c1c([2H])c([2H])c2c(-c3cccc4ccccc34)c3c([2H])c([2H])c([2H])c([2H])c3c(-c3ccc(-c4ccccc4)cc3)c2c1[2H]. The summed E-state index contributed by atoms with van der Waals surface area (Å²) in [5.74, 6) is 0. The lowest BCUT2D eigenvalue weighted by Crippen LogP contribution is -1.91. The number of hydrogen-bond donors (Lipinski definition) is 0. The highest BCUT2D eigenvalue weighted by Crippen LogP contribution is 2.49. The van der Waals surface area contributed by atoms with E-state index in [1.54, 1.807) is 0 Å². The largest absolute Gasteiger partial charge is 0.0629 e. The zero-order valence-corrected chi connectivity index (χ0v) is 61.0. The molecule has 0 heterocycles. The van der Waals surface area contributed by atoms with Gasteiger partial charge in [-0.2, -0.15) is 0 Å². The Morgan fingerprint density at radius 2 is 0.360 bits per heavy atom. The van der Waals surface area contributed by atoms with Crippen LogP contribution in [0, 0.1) is 0 Å². The predicted octanol–water partition coefficient (Wildman–Crippen LogP) is 32.1. The van der Waals surface area contributed by atoms with Crippen LogP contribution in [0.4, 0.5) is 0 Å². The first-order chi connectivity index (χ1) is 66.6. The van der Waals surface area contributed by atoms with E-state index in [1.807, 2.05) is 297 Å². The first-order valence-electron chi connectivity index (χ1n) is 49.5. The summed E-state index contributed by atoms with van der Waals surface area (Å²) in [7, 11) is 0. The van der Waals surface area contributed by atoms with Crippen molar-refractivity contribution in [2.45, 2.75) is 0 Å². The van der Waals surface area contributed by atoms with Crippen molar-refractivity contribution < 1.29 is 32.9 Å². The van der Waals surface area contributed by atoms with Crippen molar-refractivity contribution in [2.75, 3.05) is 0 Å². The molecule has 0 aliphatic heterocycles. The molecular weight excluding hydrogens is 1370 g/mol. The highest BCUT2D eigenvalue weighted by atomic mass is 14.3.